The number of pyridine rings is 1. The number of aryl methyl sites for hydroxylation is 2. The van der Waals surface area contributed by atoms with Gasteiger partial charge in [-0.05, 0) is 49.2 Å². The standard InChI is InChI=1S/C17H15NO3/c1-10-7-13-15(8-11(10)2)21-9-14(16(13)19)12-5-4-6-18-17(12)20-3/h4-9H,1-3H3. The molecule has 0 amide bonds. The molecule has 0 fully saturated rings. The van der Waals surface area contributed by atoms with Crippen LogP contribution in [0.2, 0.25) is 0 Å². The van der Waals surface area contributed by atoms with Crippen LogP contribution in [-0.4, -0.2) is 12.1 Å². The van der Waals surface area contributed by atoms with Crippen LogP contribution in [0.1, 0.15) is 11.1 Å². The lowest BCUT2D eigenvalue weighted by molar-refractivity contribution is 0.399. The molecular weight excluding hydrogens is 266 g/mol. The molecule has 0 aliphatic carbocycles. The van der Waals surface area contributed by atoms with Crippen LogP contribution >= 0.6 is 0 Å². The van der Waals surface area contributed by atoms with Crippen molar-refractivity contribution < 1.29 is 9.15 Å². The molecule has 0 N–H and O–H groups in total. The monoisotopic (exact) mass is 281 g/mol. The van der Waals surface area contributed by atoms with Gasteiger partial charge >= 0.3 is 0 Å². The minimum absolute atomic E-state index is 0.0781. The van der Waals surface area contributed by atoms with E-state index in [-0.39, 0.29) is 5.43 Å². The molecule has 106 valence electrons. The quantitative estimate of drug-likeness (QED) is 0.721. The van der Waals surface area contributed by atoms with Gasteiger partial charge in [-0.15, -0.1) is 0 Å². The lowest BCUT2D eigenvalue weighted by atomic mass is 10.0. The predicted molar refractivity (Wildman–Crippen MR) is 81.7 cm³/mol. The van der Waals surface area contributed by atoms with Gasteiger partial charge in [0, 0.05) is 6.20 Å². The zero-order chi connectivity index (χ0) is 15.0. The van der Waals surface area contributed by atoms with Gasteiger partial charge in [0.05, 0.1) is 23.6 Å². The molecule has 2 heterocycles. The number of nitrogens with zero attached hydrogens (tertiary/aromatic N) is 1. The molecule has 3 rings (SSSR count). The van der Waals surface area contributed by atoms with Crippen molar-refractivity contribution in [3.8, 4) is 17.0 Å². The van der Waals surface area contributed by atoms with Gasteiger partial charge in [0.1, 0.15) is 11.8 Å². The fourth-order valence-corrected chi connectivity index (χ4v) is 2.33. The molecule has 0 saturated carbocycles. The second kappa shape index (κ2) is 5.05. The summed E-state index contributed by atoms with van der Waals surface area (Å²) in [6.45, 7) is 3.97. The summed E-state index contributed by atoms with van der Waals surface area (Å²) >= 11 is 0. The Bertz CT molecular complexity index is 881. The molecule has 2 aromatic heterocycles. The summed E-state index contributed by atoms with van der Waals surface area (Å²) in [6.07, 6.45) is 3.09. The van der Waals surface area contributed by atoms with Crippen molar-refractivity contribution in [2.24, 2.45) is 0 Å². The number of benzene rings is 1. The molecule has 0 aliphatic rings. The molecule has 0 aliphatic heterocycles. The van der Waals surface area contributed by atoms with E-state index in [1.165, 1.54) is 13.4 Å². The van der Waals surface area contributed by atoms with Crippen LogP contribution in [0.25, 0.3) is 22.1 Å². The lowest BCUT2D eigenvalue weighted by Crippen LogP contribution is -2.06. The summed E-state index contributed by atoms with van der Waals surface area (Å²) in [5.74, 6) is 0.410. The maximum Gasteiger partial charge on any atom is 0.221 e. The van der Waals surface area contributed by atoms with Gasteiger partial charge in [0.15, 0.2) is 0 Å². The fourth-order valence-electron chi connectivity index (χ4n) is 2.33. The van der Waals surface area contributed by atoms with Gasteiger partial charge in [-0.3, -0.25) is 4.79 Å². The summed E-state index contributed by atoms with van der Waals surface area (Å²) < 4.78 is 10.8. The smallest absolute Gasteiger partial charge is 0.221 e. The van der Waals surface area contributed by atoms with Crippen LogP contribution in [0.5, 0.6) is 5.88 Å². The molecule has 21 heavy (non-hydrogen) atoms. The predicted octanol–water partition coefficient (Wildman–Crippen LogP) is 3.48. The van der Waals surface area contributed by atoms with Crippen LogP contribution < -0.4 is 10.2 Å². The van der Waals surface area contributed by atoms with Gasteiger partial charge in [-0.1, -0.05) is 0 Å². The normalized spacial score (nSPS) is 10.8. The number of methoxy groups -OCH3 is 1. The third kappa shape index (κ3) is 2.18. The average Bonchev–Trinajstić information content (AvgIpc) is 2.50. The van der Waals surface area contributed by atoms with Crippen LogP contribution in [0.4, 0.5) is 0 Å². The summed E-state index contributed by atoms with van der Waals surface area (Å²) in [4.78, 5) is 16.8. The second-order valence-electron chi connectivity index (χ2n) is 4.97. The molecular formula is C17H15NO3. The molecule has 4 heteroatoms. The zero-order valence-electron chi connectivity index (χ0n) is 12.1. The Morgan fingerprint density at radius 3 is 2.67 bits per heavy atom. The number of fused-ring (bicyclic) bond motifs is 1. The summed E-state index contributed by atoms with van der Waals surface area (Å²) in [5, 5.41) is 0.571. The zero-order valence-corrected chi connectivity index (χ0v) is 12.1. The van der Waals surface area contributed by atoms with E-state index in [4.69, 9.17) is 9.15 Å². The SMILES string of the molecule is COc1ncccc1-c1coc2cc(C)c(C)cc2c1=O. The summed E-state index contributed by atoms with van der Waals surface area (Å²) in [7, 11) is 1.53. The number of ether oxygens (including phenoxy) is 1. The molecule has 0 atom stereocenters. The Morgan fingerprint density at radius 1 is 1.14 bits per heavy atom. The highest BCUT2D eigenvalue weighted by atomic mass is 16.5. The van der Waals surface area contributed by atoms with E-state index in [1.807, 2.05) is 26.0 Å². The highest BCUT2D eigenvalue weighted by molar-refractivity contribution is 5.83. The Labute approximate surface area is 122 Å². The number of hydrogen-bond acceptors (Lipinski definition) is 4. The van der Waals surface area contributed by atoms with Crippen molar-refractivity contribution in [1.29, 1.82) is 0 Å². The number of hydrogen-bond donors (Lipinski definition) is 0. The van der Waals surface area contributed by atoms with Crippen LogP contribution in [0, 0.1) is 13.8 Å². The first-order valence-corrected chi connectivity index (χ1v) is 6.64. The van der Waals surface area contributed by atoms with E-state index >= 15 is 0 Å². The maximum atomic E-state index is 12.7. The lowest BCUT2D eigenvalue weighted by Gasteiger charge is -2.08. The number of aromatic nitrogens is 1. The van der Waals surface area contributed by atoms with Gasteiger partial charge in [0.2, 0.25) is 11.3 Å². The van der Waals surface area contributed by atoms with Crippen LogP contribution in [0.15, 0.2) is 45.9 Å². The molecule has 0 bridgehead atoms. The Morgan fingerprint density at radius 2 is 1.90 bits per heavy atom. The summed E-state index contributed by atoms with van der Waals surface area (Å²) in [6, 6.07) is 7.31. The van der Waals surface area contributed by atoms with Gasteiger partial charge in [0.25, 0.3) is 0 Å². The van der Waals surface area contributed by atoms with E-state index < -0.39 is 0 Å². The van der Waals surface area contributed by atoms with Crippen molar-refractivity contribution >= 4 is 11.0 Å². The molecule has 0 unspecified atom stereocenters. The van der Waals surface area contributed by atoms with Crippen molar-refractivity contribution in [3.05, 3.63) is 58.1 Å². The molecule has 0 saturated heterocycles. The van der Waals surface area contributed by atoms with Gasteiger partial charge in [-0.2, -0.15) is 0 Å². The molecule has 1 aromatic carbocycles. The largest absolute Gasteiger partial charge is 0.481 e. The Hall–Kier alpha value is -2.62. The van der Waals surface area contributed by atoms with Crippen LogP contribution in [0.3, 0.4) is 0 Å². The third-order valence-corrected chi connectivity index (χ3v) is 3.64. The molecule has 3 aromatic rings. The van der Waals surface area contributed by atoms with Crippen molar-refractivity contribution in [2.45, 2.75) is 13.8 Å². The van der Waals surface area contributed by atoms with E-state index in [2.05, 4.69) is 4.98 Å². The van der Waals surface area contributed by atoms with E-state index in [0.717, 1.165) is 11.1 Å². The first-order chi connectivity index (χ1) is 10.1. The molecule has 0 radical (unpaired) electrons. The van der Waals surface area contributed by atoms with Crippen molar-refractivity contribution in [1.82, 2.24) is 4.98 Å². The van der Waals surface area contributed by atoms with Gasteiger partial charge in [-0.25, -0.2) is 4.98 Å². The van der Waals surface area contributed by atoms with Gasteiger partial charge < -0.3 is 9.15 Å². The third-order valence-electron chi connectivity index (χ3n) is 3.64. The maximum absolute atomic E-state index is 12.7. The Kier molecular flexibility index (Phi) is 3.22. The Balaban J connectivity index is 2.32. The highest BCUT2D eigenvalue weighted by Crippen LogP contribution is 2.27. The van der Waals surface area contributed by atoms with Crippen molar-refractivity contribution in [3.63, 3.8) is 0 Å². The van der Waals surface area contributed by atoms with E-state index in [1.54, 1.807) is 18.3 Å². The first kappa shape index (κ1) is 13.4. The van der Waals surface area contributed by atoms with Crippen molar-refractivity contribution in [2.75, 3.05) is 7.11 Å². The van der Waals surface area contributed by atoms with E-state index in [0.29, 0.717) is 28.0 Å². The minimum atomic E-state index is -0.0781. The topological polar surface area (TPSA) is 52.3 Å². The van der Waals surface area contributed by atoms with Crippen LogP contribution in [-0.2, 0) is 0 Å². The fraction of sp³-hybridized carbons (Fsp3) is 0.176. The van der Waals surface area contributed by atoms with E-state index in [9.17, 15) is 4.79 Å². The number of rotatable bonds is 2. The second-order valence-corrected chi connectivity index (χ2v) is 4.97. The summed E-state index contributed by atoms with van der Waals surface area (Å²) in [5.41, 5.74) is 3.76. The minimum Gasteiger partial charge on any atom is -0.481 e. The highest BCUT2D eigenvalue weighted by Gasteiger charge is 2.14. The average molecular weight is 281 g/mol. The molecule has 4 nitrogen and oxygen atoms in total. The molecule has 0 spiro atoms. The first-order valence-electron chi connectivity index (χ1n) is 6.64.